The number of amides is 2. The number of carbonyl (C=O) groups excluding carboxylic acids is 2. The van der Waals surface area contributed by atoms with Crippen LogP contribution < -0.4 is 10.6 Å². The number of carbonyl (C=O) groups is 2. The van der Waals surface area contributed by atoms with E-state index in [1.807, 2.05) is 13.8 Å². The third-order valence-corrected chi connectivity index (χ3v) is 5.45. The zero-order valence-corrected chi connectivity index (χ0v) is 23.0. The molecule has 17 heteroatoms. The van der Waals surface area contributed by atoms with Crippen molar-refractivity contribution >= 4 is 23.7 Å². The Morgan fingerprint density at radius 3 is 1.84 bits per heavy atom. The smallest absolute Gasteiger partial charge is 0.328 e. The van der Waals surface area contributed by atoms with Crippen LogP contribution in [0.4, 0.5) is 64.1 Å². The van der Waals surface area contributed by atoms with Gasteiger partial charge in [-0.3, -0.25) is 9.59 Å². The van der Waals surface area contributed by atoms with Crippen molar-refractivity contribution in [2.75, 3.05) is 10.6 Å². The molecule has 0 aliphatic carbocycles. The van der Waals surface area contributed by atoms with Crippen LogP contribution in [0.2, 0.25) is 0 Å². The summed E-state index contributed by atoms with van der Waals surface area (Å²) >= 11 is 0. The minimum Gasteiger partial charge on any atom is -0.328 e. The molecular formula is C27H23F12N3O2. The second-order valence-corrected chi connectivity index (χ2v) is 8.39. The molecule has 3 rings (SSSR count). The molecule has 0 unspecified atom stereocenters. The van der Waals surface area contributed by atoms with Crippen LogP contribution in [0.5, 0.6) is 0 Å². The van der Waals surface area contributed by atoms with Gasteiger partial charge in [-0.15, -0.1) is 0 Å². The van der Waals surface area contributed by atoms with Crippen molar-refractivity contribution in [1.29, 1.82) is 0 Å². The molecule has 0 saturated carbocycles. The van der Waals surface area contributed by atoms with E-state index in [1.165, 1.54) is 17.4 Å². The normalized spacial score (nSPS) is 11.8. The van der Waals surface area contributed by atoms with Gasteiger partial charge >= 0.3 is 24.2 Å². The fraction of sp³-hybridized carbons (Fsp3) is 0.296. The van der Waals surface area contributed by atoms with Gasteiger partial charge in [0.2, 0.25) is 12.4 Å². The van der Waals surface area contributed by atoms with Crippen LogP contribution in [0.25, 0.3) is 0 Å². The molecule has 1 aromatic heterocycles. The summed E-state index contributed by atoms with van der Waals surface area (Å²) in [5.74, 6) is -1.69. The van der Waals surface area contributed by atoms with Crippen molar-refractivity contribution in [2.45, 2.75) is 51.9 Å². The maximum absolute atomic E-state index is 13.9. The summed E-state index contributed by atoms with van der Waals surface area (Å²) in [5.41, 5.74) is -11.6. The van der Waals surface area contributed by atoms with E-state index in [1.54, 1.807) is 19.1 Å². The van der Waals surface area contributed by atoms with Gasteiger partial charge in [-0.05, 0) is 49.2 Å². The standard InChI is InChI=1S/C13H10F2N2O.C12H7F10NO.C2H6/c1-8-3-2-4-10(12(8)15)17-13(18)9-5-6-11(14)16-7-9;1-5-2-6(9(13,11(17,18)19)12(20,21)22)3-7(10(14,15)16)8(5)23-4-24;1-2/h2-7H,1H3,(H,17,18);2-4H,1H3,(H,23,24);1-2H3. The number of aromatic nitrogens is 1. The Balaban J connectivity index is 0.000000430. The maximum Gasteiger partial charge on any atom is 0.435 e. The van der Waals surface area contributed by atoms with Crippen LogP contribution in [0.3, 0.4) is 0 Å². The monoisotopic (exact) mass is 649 g/mol. The first-order valence-electron chi connectivity index (χ1n) is 12.1. The SMILES string of the molecule is CC.Cc1cc(C(F)(C(F)(F)F)C(F)(F)F)cc(C(F)(F)F)c1NC=O.Cc1cccc(NC(=O)c2ccc(F)nc2)c1F. The zero-order chi connectivity index (χ0) is 34.3. The number of pyridine rings is 1. The molecule has 2 amide bonds. The van der Waals surface area contributed by atoms with Crippen LogP contribution in [-0.4, -0.2) is 29.7 Å². The van der Waals surface area contributed by atoms with Gasteiger partial charge in [0.1, 0.15) is 5.82 Å². The predicted octanol–water partition coefficient (Wildman–Crippen LogP) is 8.82. The molecule has 44 heavy (non-hydrogen) atoms. The van der Waals surface area contributed by atoms with Crippen molar-refractivity contribution in [2.24, 2.45) is 0 Å². The van der Waals surface area contributed by atoms with Crippen LogP contribution in [0, 0.1) is 25.6 Å². The van der Waals surface area contributed by atoms with Gasteiger partial charge < -0.3 is 10.6 Å². The van der Waals surface area contributed by atoms with Gasteiger partial charge in [0.15, 0.2) is 0 Å². The third-order valence-electron chi connectivity index (χ3n) is 5.45. The lowest BCUT2D eigenvalue weighted by Gasteiger charge is -2.31. The molecule has 242 valence electrons. The number of nitrogens with one attached hydrogen (secondary N) is 2. The fourth-order valence-corrected chi connectivity index (χ4v) is 3.40. The molecule has 5 nitrogen and oxygen atoms in total. The minimum absolute atomic E-state index is 0.0535. The molecular weight excluding hydrogens is 626 g/mol. The number of anilines is 2. The van der Waals surface area contributed by atoms with Gasteiger partial charge in [0.25, 0.3) is 5.91 Å². The Morgan fingerprint density at radius 2 is 1.39 bits per heavy atom. The first kappa shape index (κ1) is 37.7. The van der Waals surface area contributed by atoms with Crippen molar-refractivity contribution in [1.82, 2.24) is 4.98 Å². The van der Waals surface area contributed by atoms with E-state index < -0.39 is 70.3 Å². The van der Waals surface area contributed by atoms with Crippen LogP contribution >= 0.6 is 0 Å². The first-order chi connectivity index (χ1) is 20.1. The minimum atomic E-state index is -6.56. The Kier molecular flexibility index (Phi) is 12.4. The molecule has 0 atom stereocenters. The van der Waals surface area contributed by atoms with E-state index in [4.69, 9.17) is 0 Å². The van der Waals surface area contributed by atoms with Gasteiger partial charge in [-0.2, -0.15) is 43.9 Å². The highest BCUT2D eigenvalue weighted by Gasteiger charge is 2.73. The highest BCUT2D eigenvalue weighted by atomic mass is 19.4. The van der Waals surface area contributed by atoms with Gasteiger partial charge in [0.05, 0.1) is 22.5 Å². The highest BCUT2D eigenvalue weighted by molar-refractivity contribution is 6.04. The Morgan fingerprint density at radius 1 is 0.818 bits per heavy atom. The summed E-state index contributed by atoms with van der Waals surface area (Å²) in [6.45, 7) is 6.29. The van der Waals surface area contributed by atoms with Crippen molar-refractivity contribution < 1.29 is 62.3 Å². The number of alkyl halides is 10. The summed E-state index contributed by atoms with van der Waals surface area (Å²) < 4.78 is 155. The average molecular weight is 649 g/mol. The maximum atomic E-state index is 13.9. The van der Waals surface area contributed by atoms with Crippen molar-refractivity contribution in [3.05, 3.63) is 88.2 Å². The molecule has 0 aliphatic heterocycles. The number of benzene rings is 2. The van der Waals surface area contributed by atoms with E-state index in [0.29, 0.717) is 12.5 Å². The number of aryl methyl sites for hydroxylation is 2. The zero-order valence-electron chi connectivity index (χ0n) is 23.0. The van der Waals surface area contributed by atoms with Crippen LogP contribution in [0.1, 0.15) is 46.5 Å². The van der Waals surface area contributed by atoms with Gasteiger partial charge in [0, 0.05) is 11.8 Å². The quantitative estimate of drug-likeness (QED) is 0.165. The molecule has 2 N–H and O–H groups in total. The van der Waals surface area contributed by atoms with Crippen molar-refractivity contribution in [3.8, 4) is 0 Å². The summed E-state index contributed by atoms with van der Waals surface area (Å²) in [6.07, 6.45) is -17.7. The summed E-state index contributed by atoms with van der Waals surface area (Å²) in [7, 11) is 0. The summed E-state index contributed by atoms with van der Waals surface area (Å²) in [5, 5.41) is 3.93. The summed E-state index contributed by atoms with van der Waals surface area (Å²) in [4.78, 5) is 25.4. The molecule has 0 aliphatic rings. The highest BCUT2D eigenvalue weighted by Crippen LogP contribution is 2.54. The van der Waals surface area contributed by atoms with Gasteiger partial charge in [-0.25, -0.2) is 13.8 Å². The lowest BCUT2D eigenvalue weighted by Crippen LogP contribution is -2.50. The second kappa shape index (κ2) is 14.4. The Bertz CT molecular complexity index is 1420. The van der Waals surface area contributed by atoms with E-state index in [9.17, 15) is 62.3 Å². The van der Waals surface area contributed by atoms with Crippen molar-refractivity contribution in [3.63, 3.8) is 0 Å². The number of rotatable bonds is 5. The van der Waals surface area contributed by atoms with E-state index in [-0.39, 0.29) is 23.7 Å². The average Bonchev–Trinajstić information content (AvgIpc) is 2.92. The summed E-state index contributed by atoms with van der Waals surface area (Å²) in [6, 6.07) is 6.37. The fourth-order valence-electron chi connectivity index (χ4n) is 3.40. The Labute approximate surface area is 242 Å². The second-order valence-electron chi connectivity index (χ2n) is 8.39. The van der Waals surface area contributed by atoms with E-state index in [2.05, 4.69) is 10.3 Å². The van der Waals surface area contributed by atoms with Crippen LogP contribution in [-0.2, 0) is 16.6 Å². The molecule has 0 saturated heterocycles. The molecule has 0 fully saturated rings. The topological polar surface area (TPSA) is 71.1 Å². The lowest BCUT2D eigenvalue weighted by atomic mass is 9.90. The van der Waals surface area contributed by atoms with E-state index in [0.717, 1.165) is 12.3 Å². The molecule has 1 heterocycles. The largest absolute Gasteiger partial charge is 0.435 e. The lowest BCUT2D eigenvalue weighted by molar-refractivity contribution is -0.348. The Hall–Kier alpha value is -4.31. The molecule has 0 spiro atoms. The number of hydrogen-bond donors (Lipinski definition) is 2. The number of hydrogen-bond acceptors (Lipinski definition) is 3. The third kappa shape index (κ3) is 8.63. The first-order valence-corrected chi connectivity index (χ1v) is 12.1. The predicted molar refractivity (Wildman–Crippen MR) is 135 cm³/mol. The molecule has 0 radical (unpaired) electrons. The van der Waals surface area contributed by atoms with E-state index >= 15 is 0 Å². The number of nitrogens with zero attached hydrogens (tertiary/aromatic N) is 1. The molecule has 3 aromatic rings. The van der Waals surface area contributed by atoms with Crippen LogP contribution in [0.15, 0.2) is 48.7 Å². The van der Waals surface area contributed by atoms with Gasteiger partial charge in [-0.1, -0.05) is 32.0 Å². The molecule has 0 bridgehead atoms. The molecule has 2 aromatic carbocycles. The number of halogens is 12.